The minimum Gasteiger partial charge on any atom is -0.470 e. The third-order valence-corrected chi connectivity index (χ3v) is 3.29. The molecule has 1 saturated heterocycles. The lowest BCUT2D eigenvalue weighted by molar-refractivity contribution is -0.0152. The van der Waals surface area contributed by atoms with Gasteiger partial charge in [-0.25, -0.2) is 4.98 Å². The fourth-order valence-corrected chi connectivity index (χ4v) is 2.19. The third kappa shape index (κ3) is 3.38. The molecule has 2 N–H and O–H groups in total. The van der Waals surface area contributed by atoms with Crippen molar-refractivity contribution in [1.82, 2.24) is 20.5 Å². The van der Waals surface area contributed by atoms with Crippen LogP contribution in [0.2, 0.25) is 0 Å². The Balaban J connectivity index is 1.65. The fraction of sp³-hybridized carbons (Fsp3) is 0.357. The van der Waals surface area contributed by atoms with Crippen LogP contribution in [0.25, 0.3) is 0 Å². The summed E-state index contributed by atoms with van der Waals surface area (Å²) in [6.45, 7) is 1.02. The molecule has 2 aromatic heterocycles. The number of pyridine rings is 1. The molecule has 2 aromatic rings. The van der Waals surface area contributed by atoms with E-state index in [0.29, 0.717) is 31.1 Å². The molecule has 1 fully saturated rings. The molecule has 0 aliphatic carbocycles. The van der Waals surface area contributed by atoms with Crippen molar-refractivity contribution in [1.29, 1.82) is 0 Å². The van der Waals surface area contributed by atoms with Gasteiger partial charge in [-0.3, -0.25) is 9.89 Å². The highest BCUT2D eigenvalue weighted by Crippen LogP contribution is 2.15. The predicted octanol–water partition coefficient (Wildman–Crippen LogP) is 0.771. The first kappa shape index (κ1) is 13.6. The van der Waals surface area contributed by atoms with E-state index in [0.717, 1.165) is 0 Å². The molecule has 7 nitrogen and oxygen atoms in total. The van der Waals surface area contributed by atoms with Gasteiger partial charge in [0, 0.05) is 25.1 Å². The Morgan fingerprint density at radius 2 is 2.43 bits per heavy atom. The number of nitrogens with zero attached hydrogens (tertiary/aromatic N) is 2. The highest BCUT2D eigenvalue weighted by atomic mass is 16.5. The molecule has 3 heterocycles. The summed E-state index contributed by atoms with van der Waals surface area (Å²) in [7, 11) is 0. The first-order chi connectivity index (χ1) is 10.3. The van der Waals surface area contributed by atoms with Crippen LogP contribution in [0, 0.1) is 0 Å². The van der Waals surface area contributed by atoms with Crippen LogP contribution in [0.3, 0.4) is 0 Å². The maximum absolute atomic E-state index is 12.1. The second-order valence-corrected chi connectivity index (χ2v) is 4.75. The van der Waals surface area contributed by atoms with E-state index < -0.39 is 0 Å². The minimum absolute atomic E-state index is 0.122. The van der Waals surface area contributed by atoms with E-state index in [1.165, 1.54) is 6.20 Å². The van der Waals surface area contributed by atoms with Crippen molar-refractivity contribution in [3.05, 3.63) is 42.4 Å². The van der Waals surface area contributed by atoms with Gasteiger partial charge in [0.15, 0.2) is 0 Å². The molecule has 7 heteroatoms. The maximum Gasteiger partial charge on any atom is 0.254 e. The Morgan fingerprint density at radius 1 is 1.48 bits per heavy atom. The summed E-state index contributed by atoms with van der Waals surface area (Å²) in [5, 5.41) is 9.35. The summed E-state index contributed by atoms with van der Waals surface area (Å²) in [5.74, 6) is 0.348. The Labute approximate surface area is 121 Å². The van der Waals surface area contributed by atoms with E-state index in [1.54, 1.807) is 18.5 Å². The lowest BCUT2D eigenvalue weighted by Gasteiger charge is -2.31. The molecule has 2 atom stereocenters. The molecule has 1 aliphatic rings. The molecular formula is C14H16N4O3. The number of ether oxygens (including phenoxy) is 2. The van der Waals surface area contributed by atoms with Gasteiger partial charge in [0.05, 0.1) is 24.4 Å². The summed E-state index contributed by atoms with van der Waals surface area (Å²) in [6.07, 6.45) is 5.15. The van der Waals surface area contributed by atoms with Gasteiger partial charge in [0.2, 0.25) is 5.88 Å². The summed E-state index contributed by atoms with van der Waals surface area (Å²) < 4.78 is 11.2. The standard InChI is InChI=1S/C14H16N4O3/c19-14(10-7-16-17-8-10)18-11-4-6-20-9-12(11)21-13-3-1-2-5-15-13/h1-3,5,7-8,11-12H,4,6,9H2,(H,16,17)(H,18,19)/t11-,12-/m1/s1. The summed E-state index contributed by atoms with van der Waals surface area (Å²) in [4.78, 5) is 16.2. The molecule has 1 amide bonds. The molecule has 0 spiro atoms. The van der Waals surface area contributed by atoms with Gasteiger partial charge in [-0.1, -0.05) is 6.07 Å². The van der Waals surface area contributed by atoms with Gasteiger partial charge in [-0.2, -0.15) is 5.10 Å². The van der Waals surface area contributed by atoms with Crippen LogP contribution in [0.1, 0.15) is 16.8 Å². The van der Waals surface area contributed by atoms with Crippen molar-refractivity contribution in [2.75, 3.05) is 13.2 Å². The first-order valence-electron chi connectivity index (χ1n) is 6.78. The largest absolute Gasteiger partial charge is 0.470 e. The first-order valence-corrected chi connectivity index (χ1v) is 6.78. The number of hydrogen-bond donors (Lipinski definition) is 2. The van der Waals surface area contributed by atoms with Crippen LogP contribution in [0.15, 0.2) is 36.8 Å². The van der Waals surface area contributed by atoms with Gasteiger partial charge >= 0.3 is 0 Å². The highest BCUT2D eigenvalue weighted by molar-refractivity contribution is 5.93. The van der Waals surface area contributed by atoms with Crippen molar-refractivity contribution >= 4 is 5.91 Å². The fourth-order valence-electron chi connectivity index (χ4n) is 2.19. The normalized spacial score (nSPS) is 21.7. The minimum atomic E-state index is -0.260. The second kappa shape index (κ2) is 6.36. The highest BCUT2D eigenvalue weighted by Gasteiger charge is 2.29. The number of nitrogens with one attached hydrogen (secondary N) is 2. The average molecular weight is 288 g/mol. The molecule has 0 saturated carbocycles. The molecule has 3 rings (SSSR count). The second-order valence-electron chi connectivity index (χ2n) is 4.75. The zero-order chi connectivity index (χ0) is 14.5. The Hall–Kier alpha value is -2.41. The van der Waals surface area contributed by atoms with Crippen molar-refractivity contribution in [2.45, 2.75) is 18.6 Å². The quantitative estimate of drug-likeness (QED) is 0.867. The SMILES string of the molecule is O=C(N[C@@H]1CCOC[C@H]1Oc1ccccn1)c1cn[nH]c1. The summed E-state index contributed by atoms with van der Waals surface area (Å²) in [5.41, 5.74) is 0.498. The predicted molar refractivity (Wildman–Crippen MR) is 73.9 cm³/mol. The van der Waals surface area contributed by atoms with Gasteiger partial charge < -0.3 is 14.8 Å². The number of rotatable bonds is 4. The number of hydrogen-bond acceptors (Lipinski definition) is 5. The van der Waals surface area contributed by atoms with Gasteiger partial charge in [-0.05, 0) is 12.5 Å². The van der Waals surface area contributed by atoms with E-state index in [9.17, 15) is 4.79 Å². The van der Waals surface area contributed by atoms with Crippen LogP contribution < -0.4 is 10.1 Å². The zero-order valence-corrected chi connectivity index (χ0v) is 11.4. The maximum atomic E-state index is 12.1. The van der Waals surface area contributed by atoms with Crippen LogP contribution in [0.4, 0.5) is 0 Å². The number of amides is 1. The monoisotopic (exact) mass is 288 g/mol. The summed E-state index contributed by atoms with van der Waals surface area (Å²) in [6, 6.07) is 5.33. The Kier molecular flexibility index (Phi) is 4.11. The molecule has 1 aliphatic heterocycles. The summed E-state index contributed by atoms with van der Waals surface area (Å²) >= 11 is 0. The third-order valence-electron chi connectivity index (χ3n) is 3.29. The Bertz CT molecular complexity index is 573. The van der Waals surface area contributed by atoms with Gasteiger partial charge in [0.1, 0.15) is 6.10 Å². The number of aromatic nitrogens is 3. The van der Waals surface area contributed by atoms with E-state index in [2.05, 4.69) is 20.5 Å². The number of carbonyl (C=O) groups excluding carboxylic acids is 1. The topological polar surface area (TPSA) is 89.1 Å². The van der Waals surface area contributed by atoms with E-state index >= 15 is 0 Å². The van der Waals surface area contributed by atoms with Crippen molar-refractivity contribution < 1.29 is 14.3 Å². The van der Waals surface area contributed by atoms with E-state index in [1.807, 2.05) is 12.1 Å². The lowest BCUT2D eigenvalue weighted by atomic mass is 10.1. The molecular weight excluding hydrogens is 272 g/mol. The molecule has 0 radical (unpaired) electrons. The van der Waals surface area contributed by atoms with Gasteiger partial charge in [-0.15, -0.1) is 0 Å². The number of carbonyl (C=O) groups is 1. The van der Waals surface area contributed by atoms with E-state index in [-0.39, 0.29) is 18.1 Å². The smallest absolute Gasteiger partial charge is 0.254 e. The van der Waals surface area contributed by atoms with Crippen molar-refractivity contribution in [3.63, 3.8) is 0 Å². The van der Waals surface area contributed by atoms with Crippen LogP contribution in [-0.4, -0.2) is 46.4 Å². The molecule has 110 valence electrons. The van der Waals surface area contributed by atoms with Crippen molar-refractivity contribution in [3.8, 4) is 5.88 Å². The van der Waals surface area contributed by atoms with Gasteiger partial charge in [0.25, 0.3) is 5.91 Å². The van der Waals surface area contributed by atoms with Crippen molar-refractivity contribution in [2.24, 2.45) is 0 Å². The zero-order valence-electron chi connectivity index (χ0n) is 11.4. The van der Waals surface area contributed by atoms with Crippen LogP contribution >= 0.6 is 0 Å². The number of H-pyrrole nitrogens is 1. The molecule has 21 heavy (non-hydrogen) atoms. The average Bonchev–Trinajstić information content (AvgIpc) is 3.05. The van der Waals surface area contributed by atoms with Crippen LogP contribution in [-0.2, 0) is 4.74 Å². The van der Waals surface area contributed by atoms with Crippen LogP contribution in [0.5, 0.6) is 5.88 Å². The molecule has 0 aromatic carbocycles. The van der Waals surface area contributed by atoms with E-state index in [4.69, 9.17) is 9.47 Å². The number of aromatic amines is 1. The lowest BCUT2D eigenvalue weighted by Crippen LogP contribution is -2.51. The molecule has 0 bridgehead atoms. The molecule has 0 unspecified atom stereocenters. The Morgan fingerprint density at radius 3 is 3.19 bits per heavy atom.